The minimum absolute atomic E-state index is 0.0133. The third kappa shape index (κ3) is 4.95. The van der Waals surface area contributed by atoms with E-state index in [1.165, 1.54) is 29.5 Å². The van der Waals surface area contributed by atoms with Crippen molar-refractivity contribution < 1.29 is 14.7 Å². The highest BCUT2D eigenvalue weighted by Gasteiger charge is 2.31. The number of thioether (sulfide) groups is 1. The van der Waals surface area contributed by atoms with Gasteiger partial charge in [-0.05, 0) is 73.3 Å². The van der Waals surface area contributed by atoms with Crippen LogP contribution >= 0.6 is 24.0 Å². The first-order chi connectivity index (χ1) is 14.3. The number of nitrogens with zero attached hydrogens (tertiary/aromatic N) is 1. The molecule has 1 unspecified atom stereocenters. The van der Waals surface area contributed by atoms with Crippen LogP contribution in [0.15, 0.2) is 58.5 Å². The number of ketones is 1. The molecule has 1 atom stereocenters. The number of carbonyl (C=O) groups is 2. The van der Waals surface area contributed by atoms with E-state index in [-0.39, 0.29) is 21.7 Å². The molecule has 1 heterocycles. The van der Waals surface area contributed by atoms with E-state index in [2.05, 4.69) is 21.9 Å². The van der Waals surface area contributed by atoms with Gasteiger partial charge in [0, 0.05) is 11.3 Å². The molecule has 2 aromatic carbocycles. The fourth-order valence-corrected chi connectivity index (χ4v) is 4.18. The number of aryl methyl sites for hydroxylation is 2. The number of allylic oxidation sites excluding steroid dienone is 1. The average molecular weight is 440 g/mol. The monoisotopic (exact) mass is 439 g/mol. The van der Waals surface area contributed by atoms with Crippen molar-refractivity contribution in [2.75, 3.05) is 5.32 Å². The topological polar surface area (TPSA) is 90.8 Å². The molecule has 2 aromatic rings. The van der Waals surface area contributed by atoms with Crippen LogP contribution in [0.5, 0.6) is 0 Å². The van der Waals surface area contributed by atoms with Crippen LogP contribution in [0.25, 0.3) is 0 Å². The van der Waals surface area contributed by atoms with Crippen LogP contribution in [0, 0.1) is 13.8 Å². The lowest BCUT2D eigenvalue weighted by molar-refractivity contribution is -0.114. The standard InChI is InChI=1S/C22H21N3O3S2/c1-12-7-8-15(9-13(12)2)20-19(26)18(11-30-20)14(3)24-25-22(29)23-17-6-4-5-16(10-17)21(27)28/h4-11,20H,1-3H3,(H,27,28)(H2,23,25,29)/b24-14+. The smallest absolute Gasteiger partial charge is 0.335 e. The molecule has 0 bridgehead atoms. The summed E-state index contributed by atoms with van der Waals surface area (Å²) in [4.78, 5) is 23.9. The van der Waals surface area contributed by atoms with E-state index < -0.39 is 5.97 Å². The van der Waals surface area contributed by atoms with Crippen molar-refractivity contribution in [1.29, 1.82) is 0 Å². The first kappa shape index (κ1) is 21.7. The van der Waals surface area contributed by atoms with Gasteiger partial charge in [0.1, 0.15) is 0 Å². The SMILES string of the molecule is C/C(=N\NC(=S)Nc1cccc(C(=O)O)c1)C1=CSC(c2ccc(C)c(C)c2)C1=O. The molecule has 30 heavy (non-hydrogen) atoms. The van der Waals surface area contributed by atoms with Gasteiger partial charge in [-0.1, -0.05) is 24.3 Å². The Morgan fingerprint density at radius 1 is 1.17 bits per heavy atom. The van der Waals surface area contributed by atoms with Crippen LogP contribution in [0.3, 0.4) is 0 Å². The van der Waals surface area contributed by atoms with Crippen molar-refractivity contribution in [2.45, 2.75) is 26.0 Å². The zero-order valence-corrected chi connectivity index (χ0v) is 18.4. The van der Waals surface area contributed by atoms with Crippen molar-refractivity contribution in [3.8, 4) is 0 Å². The summed E-state index contributed by atoms with van der Waals surface area (Å²) < 4.78 is 0. The van der Waals surface area contributed by atoms with Gasteiger partial charge in [0.25, 0.3) is 0 Å². The number of benzene rings is 2. The number of carboxylic acids is 1. The van der Waals surface area contributed by atoms with E-state index in [9.17, 15) is 9.59 Å². The molecule has 0 spiro atoms. The molecule has 1 aliphatic heterocycles. The first-order valence-electron chi connectivity index (χ1n) is 9.18. The molecule has 0 aliphatic carbocycles. The number of carbonyl (C=O) groups excluding carboxylic acids is 1. The van der Waals surface area contributed by atoms with Gasteiger partial charge < -0.3 is 10.4 Å². The molecule has 3 rings (SSSR count). The Morgan fingerprint density at radius 3 is 2.63 bits per heavy atom. The molecule has 3 N–H and O–H groups in total. The maximum absolute atomic E-state index is 12.9. The number of aromatic carboxylic acids is 1. The molecule has 8 heteroatoms. The molecular weight excluding hydrogens is 418 g/mol. The lowest BCUT2D eigenvalue weighted by atomic mass is 9.98. The number of carboxylic acid groups (broad SMARTS) is 1. The molecule has 154 valence electrons. The number of anilines is 1. The molecule has 0 aromatic heterocycles. The predicted molar refractivity (Wildman–Crippen MR) is 125 cm³/mol. The highest BCUT2D eigenvalue weighted by molar-refractivity contribution is 8.03. The van der Waals surface area contributed by atoms with Crippen LogP contribution in [0.1, 0.15) is 39.2 Å². The quantitative estimate of drug-likeness (QED) is 0.356. The van der Waals surface area contributed by atoms with Gasteiger partial charge in [0.2, 0.25) is 0 Å². The Morgan fingerprint density at radius 2 is 1.93 bits per heavy atom. The van der Waals surface area contributed by atoms with Gasteiger partial charge in [-0.2, -0.15) is 5.10 Å². The van der Waals surface area contributed by atoms with Crippen LogP contribution in [-0.2, 0) is 4.79 Å². The second-order valence-corrected chi connectivity index (χ2v) is 8.29. The molecule has 0 fully saturated rings. The Bertz CT molecular complexity index is 1090. The molecular formula is C22H21N3O3S2. The average Bonchev–Trinajstić information content (AvgIpc) is 3.10. The Balaban J connectivity index is 1.63. The number of hydrogen-bond donors (Lipinski definition) is 3. The molecule has 0 amide bonds. The van der Waals surface area contributed by atoms with E-state index in [1.807, 2.05) is 31.4 Å². The Labute approximate surface area is 184 Å². The second kappa shape index (κ2) is 9.23. The summed E-state index contributed by atoms with van der Waals surface area (Å²) in [5, 5.41) is 17.9. The normalized spacial score (nSPS) is 16.2. The summed E-state index contributed by atoms with van der Waals surface area (Å²) in [6.45, 7) is 5.82. The first-order valence-corrected chi connectivity index (χ1v) is 10.5. The van der Waals surface area contributed by atoms with Crippen LogP contribution in [-0.4, -0.2) is 27.7 Å². The summed E-state index contributed by atoms with van der Waals surface area (Å²) in [5.74, 6) is -1.01. The zero-order chi connectivity index (χ0) is 21.8. The number of hydrazone groups is 1. The van der Waals surface area contributed by atoms with Gasteiger partial charge in [-0.25, -0.2) is 4.79 Å². The predicted octanol–water partition coefficient (Wildman–Crippen LogP) is 4.61. The molecule has 0 radical (unpaired) electrons. The number of rotatable bonds is 5. The third-order valence-electron chi connectivity index (χ3n) is 4.74. The number of hydrogen-bond acceptors (Lipinski definition) is 5. The van der Waals surface area contributed by atoms with Crippen molar-refractivity contribution in [3.63, 3.8) is 0 Å². The molecule has 0 saturated carbocycles. The number of nitrogens with one attached hydrogen (secondary N) is 2. The Kier molecular flexibility index (Phi) is 6.69. The van der Waals surface area contributed by atoms with Gasteiger partial charge in [-0.15, -0.1) is 11.8 Å². The lowest BCUT2D eigenvalue weighted by Gasteiger charge is -2.12. The van der Waals surface area contributed by atoms with Crippen molar-refractivity contribution in [1.82, 2.24) is 5.43 Å². The molecule has 6 nitrogen and oxygen atoms in total. The van der Waals surface area contributed by atoms with E-state index in [1.54, 1.807) is 19.1 Å². The summed E-state index contributed by atoms with van der Waals surface area (Å²) in [6.07, 6.45) is 0. The fourth-order valence-electron chi connectivity index (χ4n) is 2.90. The zero-order valence-electron chi connectivity index (χ0n) is 16.7. The van der Waals surface area contributed by atoms with Gasteiger partial charge >= 0.3 is 5.97 Å². The van der Waals surface area contributed by atoms with Gasteiger partial charge in [0.15, 0.2) is 10.9 Å². The van der Waals surface area contributed by atoms with Crippen molar-refractivity contribution >= 4 is 52.2 Å². The number of Topliss-reactive ketones (excluding diaryl/α,β-unsaturated/α-hetero) is 1. The van der Waals surface area contributed by atoms with Gasteiger partial charge in [0.05, 0.1) is 16.5 Å². The minimum Gasteiger partial charge on any atom is -0.478 e. The lowest BCUT2D eigenvalue weighted by Crippen LogP contribution is -2.25. The third-order valence-corrected chi connectivity index (χ3v) is 6.07. The minimum atomic E-state index is -1.02. The maximum atomic E-state index is 12.9. The van der Waals surface area contributed by atoms with Crippen LogP contribution in [0.2, 0.25) is 0 Å². The number of thiocarbonyl (C=S) groups is 1. The van der Waals surface area contributed by atoms with Crippen molar-refractivity contribution in [3.05, 3.63) is 75.7 Å². The van der Waals surface area contributed by atoms with Crippen molar-refractivity contribution in [2.24, 2.45) is 5.10 Å². The fraction of sp³-hybridized carbons (Fsp3) is 0.182. The van der Waals surface area contributed by atoms with E-state index in [0.717, 1.165) is 11.1 Å². The maximum Gasteiger partial charge on any atom is 0.335 e. The highest BCUT2D eigenvalue weighted by atomic mass is 32.2. The Hall–Kier alpha value is -2.97. The largest absolute Gasteiger partial charge is 0.478 e. The molecule has 1 aliphatic rings. The van der Waals surface area contributed by atoms with E-state index in [4.69, 9.17) is 17.3 Å². The summed E-state index contributed by atoms with van der Waals surface area (Å²) in [7, 11) is 0. The summed E-state index contributed by atoms with van der Waals surface area (Å²) in [6, 6.07) is 12.4. The summed E-state index contributed by atoms with van der Waals surface area (Å²) in [5.41, 5.74) is 7.80. The summed E-state index contributed by atoms with van der Waals surface area (Å²) >= 11 is 6.68. The highest BCUT2D eigenvalue weighted by Crippen LogP contribution is 2.40. The van der Waals surface area contributed by atoms with Crippen LogP contribution in [0.4, 0.5) is 5.69 Å². The molecule has 0 saturated heterocycles. The second-order valence-electron chi connectivity index (χ2n) is 6.90. The van der Waals surface area contributed by atoms with E-state index in [0.29, 0.717) is 17.0 Å². The van der Waals surface area contributed by atoms with Crippen LogP contribution < -0.4 is 10.7 Å². The van der Waals surface area contributed by atoms with Gasteiger partial charge in [-0.3, -0.25) is 10.2 Å². The van der Waals surface area contributed by atoms with E-state index >= 15 is 0 Å².